The first-order valence-corrected chi connectivity index (χ1v) is 11.9. The molecule has 1 amide bonds. The van der Waals surface area contributed by atoms with Gasteiger partial charge >= 0.3 is 11.9 Å². The van der Waals surface area contributed by atoms with E-state index in [9.17, 15) is 23.9 Å². The first kappa shape index (κ1) is 25.1. The van der Waals surface area contributed by atoms with Gasteiger partial charge in [-0.1, -0.05) is 35.6 Å². The molecule has 0 spiro atoms. The van der Waals surface area contributed by atoms with E-state index in [1.54, 1.807) is 45.0 Å². The Morgan fingerprint density at radius 2 is 1.94 bits per heavy atom. The molecule has 1 aromatic heterocycles. The highest BCUT2D eigenvalue weighted by Gasteiger charge is 2.48. The molecule has 10 heteroatoms. The molecule has 0 radical (unpaired) electrons. The smallest absolute Gasteiger partial charge is 0.350 e. The van der Waals surface area contributed by atoms with Crippen LogP contribution in [0.5, 0.6) is 5.75 Å². The molecule has 1 aliphatic rings. The summed E-state index contributed by atoms with van der Waals surface area (Å²) in [4.78, 5) is 44.6. The number of aliphatic hydroxyl groups excluding tert-OH is 1. The number of hydrogen-bond acceptors (Lipinski definition) is 8. The van der Waals surface area contributed by atoms with Crippen molar-refractivity contribution in [1.29, 1.82) is 0 Å². The third-order valence-electron chi connectivity index (χ3n) is 5.75. The van der Waals surface area contributed by atoms with Crippen molar-refractivity contribution in [3.8, 4) is 5.75 Å². The summed E-state index contributed by atoms with van der Waals surface area (Å²) < 4.78 is 24.7. The molecule has 1 aliphatic heterocycles. The predicted octanol–water partition coefficient (Wildman–Crippen LogP) is 4.71. The van der Waals surface area contributed by atoms with E-state index in [1.807, 2.05) is 0 Å². The fourth-order valence-electron chi connectivity index (χ4n) is 3.92. The molecule has 8 nitrogen and oxygen atoms in total. The number of nitrogens with zero attached hydrogens (tertiary/aromatic N) is 2. The number of ketones is 1. The number of esters is 1. The number of aryl methyl sites for hydroxylation is 2. The van der Waals surface area contributed by atoms with Gasteiger partial charge in [0, 0.05) is 5.56 Å². The quantitative estimate of drug-likeness (QED) is 0.222. The molecule has 1 saturated heterocycles. The number of carbonyl (C=O) groups excluding carboxylic acids is 3. The number of methoxy groups -OCH3 is 1. The van der Waals surface area contributed by atoms with Gasteiger partial charge in [-0.3, -0.25) is 14.5 Å². The largest absolute Gasteiger partial charge is 0.507 e. The first-order chi connectivity index (χ1) is 17.2. The Kier molecular flexibility index (Phi) is 6.89. The van der Waals surface area contributed by atoms with Crippen LogP contribution < -0.4 is 9.64 Å². The van der Waals surface area contributed by atoms with Crippen molar-refractivity contribution in [2.45, 2.75) is 26.8 Å². The normalized spacial score (nSPS) is 16.9. The molecule has 1 atom stereocenters. The molecule has 0 unspecified atom stereocenters. The predicted molar refractivity (Wildman–Crippen MR) is 132 cm³/mol. The number of halogens is 1. The third-order valence-corrected chi connectivity index (χ3v) is 6.89. The van der Waals surface area contributed by atoms with Crippen molar-refractivity contribution >= 4 is 39.9 Å². The molecule has 1 fully saturated rings. The number of carbonyl (C=O) groups is 3. The Morgan fingerprint density at radius 3 is 2.61 bits per heavy atom. The van der Waals surface area contributed by atoms with Crippen molar-refractivity contribution in [2.75, 3.05) is 18.6 Å². The Balaban J connectivity index is 1.94. The maximum Gasteiger partial charge on any atom is 0.350 e. The summed E-state index contributed by atoms with van der Waals surface area (Å²) in [6.45, 7) is 5.00. The van der Waals surface area contributed by atoms with E-state index in [-0.39, 0.29) is 27.8 Å². The lowest BCUT2D eigenvalue weighted by Crippen LogP contribution is -2.29. The van der Waals surface area contributed by atoms with E-state index >= 15 is 0 Å². The van der Waals surface area contributed by atoms with Crippen molar-refractivity contribution in [3.05, 3.63) is 81.1 Å². The third kappa shape index (κ3) is 4.35. The van der Waals surface area contributed by atoms with Gasteiger partial charge in [-0.2, -0.15) is 0 Å². The number of aromatic nitrogens is 1. The SMILES string of the molecule is CCOC(=O)c1sc(N2C(=O)C(=O)C(=C(O)c3ccc(C)c(F)c3)[C@@H]2c2cccc(OC)c2)nc1C. The van der Waals surface area contributed by atoms with Crippen LogP contribution in [0.15, 0.2) is 48.0 Å². The van der Waals surface area contributed by atoms with E-state index in [1.165, 1.54) is 19.2 Å². The summed E-state index contributed by atoms with van der Waals surface area (Å²) in [6.07, 6.45) is 0. The highest BCUT2D eigenvalue weighted by molar-refractivity contribution is 7.17. The Hall–Kier alpha value is -4.05. The van der Waals surface area contributed by atoms with E-state index < -0.39 is 35.3 Å². The van der Waals surface area contributed by atoms with E-state index in [4.69, 9.17) is 9.47 Å². The molecule has 1 N–H and O–H groups in total. The van der Waals surface area contributed by atoms with Crippen LogP contribution in [0, 0.1) is 19.7 Å². The summed E-state index contributed by atoms with van der Waals surface area (Å²) in [5.41, 5.74) is 0.961. The summed E-state index contributed by atoms with van der Waals surface area (Å²) in [5, 5.41) is 11.2. The van der Waals surface area contributed by atoms with E-state index in [0.29, 0.717) is 22.6 Å². The molecule has 3 aromatic rings. The number of benzene rings is 2. The number of aliphatic hydroxyl groups is 1. The monoisotopic (exact) mass is 510 g/mol. The van der Waals surface area contributed by atoms with Gasteiger partial charge < -0.3 is 14.6 Å². The zero-order valence-electron chi connectivity index (χ0n) is 20.0. The number of thiazole rings is 1. The van der Waals surface area contributed by atoms with Crippen LogP contribution in [0.1, 0.15) is 45.0 Å². The molecule has 0 saturated carbocycles. The minimum absolute atomic E-state index is 0.0477. The Morgan fingerprint density at radius 1 is 1.19 bits per heavy atom. The average molecular weight is 511 g/mol. The van der Waals surface area contributed by atoms with Gasteiger partial charge in [0.05, 0.1) is 31.0 Å². The Bertz CT molecular complexity index is 1410. The van der Waals surface area contributed by atoms with Crippen LogP contribution in [-0.2, 0) is 14.3 Å². The van der Waals surface area contributed by atoms with Gasteiger partial charge in [0.2, 0.25) is 0 Å². The number of ether oxygens (including phenoxy) is 2. The van der Waals surface area contributed by atoms with Gasteiger partial charge in [-0.25, -0.2) is 14.2 Å². The summed E-state index contributed by atoms with van der Waals surface area (Å²) in [7, 11) is 1.47. The first-order valence-electron chi connectivity index (χ1n) is 11.0. The van der Waals surface area contributed by atoms with Crippen LogP contribution in [-0.4, -0.2) is 41.5 Å². The molecular weight excluding hydrogens is 487 g/mol. The standard InChI is InChI=1S/C26H23FN2O6S/c1-5-35-25(33)23-14(3)28-26(36-23)29-20(15-7-6-8-17(11-15)34-4)19(22(31)24(29)32)21(30)16-10-9-13(2)18(27)12-16/h6-12,20,30H,5H2,1-4H3/t20-/m0/s1. The molecule has 2 heterocycles. The lowest BCUT2D eigenvalue weighted by Gasteiger charge is -2.23. The molecular formula is C26H23FN2O6S. The number of rotatable bonds is 6. The van der Waals surface area contributed by atoms with Gasteiger partial charge in [-0.05, 0) is 50.1 Å². The highest BCUT2D eigenvalue weighted by atomic mass is 32.1. The van der Waals surface area contributed by atoms with Crippen LogP contribution in [0.4, 0.5) is 9.52 Å². The fraction of sp³-hybridized carbons (Fsp3) is 0.231. The fourth-order valence-corrected chi connectivity index (χ4v) is 4.91. The average Bonchev–Trinajstić information content (AvgIpc) is 3.37. The van der Waals surface area contributed by atoms with E-state index in [2.05, 4.69) is 4.98 Å². The van der Waals surface area contributed by atoms with Gasteiger partial charge in [0.15, 0.2) is 5.13 Å². The van der Waals surface area contributed by atoms with Gasteiger partial charge in [0.1, 0.15) is 22.2 Å². The minimum Gasteiger partial charge on any atom is -0.507 e. The van der Waals surface area contributed by atoms with Crippen LogP contribution in [0.2, 0.25) is 0 Å². The van der Waals surface area contributed by atoms with Crippen molar-refractivity contribution in [3.63, 3.8) is 0 Å². The lowest BCUT2D eigenvalue weighted by molar-refractivity contribution is -0.132. The van der Waals surface area contributed by atoms with Gasteiger partial charge in [0.25, 0.3) is 5.78 Å². The minimum atomic E-state index is -1.11. The van der Waals surface area contributed by atoms with Crippen molar-refractivity contribution < 1.29 is 33.4 Å². The maximum atomic E-state index is 14.3. The second-order valence-corrected chi connectivity index (χ2v) is 9.02. The molecule has 2 aromatic carbocycles. The zero-order chi connectivity index (χ0) is 26.1. The topological polar surface area (TPSA) is 106 Å². The summed E-state index contributed by atoms with van der Waals surface area (Å²) in [5.74, 6) is -3.14. The van der Waals surface area contributed by atoms with Crippen LogP contribution >= 0.6 is 11.3 Å². The highest BCUT2D eigenvalue weighted by Crippen LogP contribution is 2.44. The van der Waals surface area contributed by atoms with Gasteiger partial charge in [-0.15, -0.1) is 0 Å². The zero-order valence-corrected chi connectivity index (χ0v) is 20.8. The van der Waals surface area contributed by atoms with Crippen LogP contribution in [0.25, 0.3) is 5.76 Å². The molecule has 0 bridgehead atoms. The summed E-state index contributed by atoms with van der Waals surface area (Å²) in [6, 6.07) is 9.60. The number of Topliss-reactive ketones (excluding diaryl/α,β-unsaturated/α-hetero) is 1. The van der Waals surface area contributed by atoms with E-state index in [0.717, 1.165) is 22.3 Å². The molecule has 36 heavy (non-hydrogen) atoms. The number of amides is 1. The van der Waals surface area contributed by atoms with Crippen molar-refractivity contribution in [2.24, 2.45) is 0 Å². The number of hydrogen-bond donors (Lipinski definition) is 1. The van der Waals surface area contributed by atoms with Crippen LogP contribution in [0.3, 0.4) is 0 Å². The van der Waals surface area contributed by atoms with Crippen molar-refractivity contribution in [1.82, 2.24) is 4.98 Å². The lowest BCUT2D eigenvalue weighted by atomic mass is 9.95. The number of anilines is 1. The summed E-state index contributed by atoms with van der Waals surface area (Å²) >= 11 is 0.905. The second-order valence-electron chi connectivity index (χ2n) is 8.04. The molecule has 186 valence electrons. The maximum absolute atomic E-state index is 14.3. The second kappa shape index (κ2) is 9.90. The molecule has 4 rings (SSSR count). The molecule has 0 aliphatic carbocycles. The Labute approximate surface area is 210 Å².